The van der Waals surface area contributed by atoms with Crippen LogP contribution >= 0.6 is 0 Å². The molecule has 0 spiro atoms. The van der Waals surface area contributed by atoms with Crippen molar-refractivity contribution in [2.75, 3.05) is 27.7 Å². The van der Waals surface area contributed by atoms with Gasteiger partial charge >= 0.3 is 5.97 Å². The fourth-order valence-corrected chi connectivity index (χ4v) is 2.07. The Balaban J connectivity index is 0.000000401. The molecule has 7 nitrogen and oxygen atoms in total. The van der Waals surface area contributed by atoms with Crippen molar-refractivity contribution in [3.63, 3.8) is 0 Å². The number of nitrogens with zero attached hydrogens (tertiary/aromatic N) is 1. The fraction of sp³-hybridized carbons (Fsp3) is 0.500. The van der Waals surface area contributed by atoms with Gasteiger partial charge in [-0.25, -0.2) is 8.42 Å². The molecule has 0 bridgehead atoms. The summed E-state index contributed by atoms with van der Waals surface area (Å²) >= 11 is 0. The number of likely N-dealkylation sites (N-methyl/N-ethyl adjacent to an activating group) is 1. The molecule has 0 fully saturated rings. The van der Waals surface area contributed by atoms with Gasteiger partial charge in [-0.1, -0.05) is 17.7 Å². The molecular weight excluding hydrogens is 310 g/mol. The fourth-order valence-electron chi connectivity index (χ4n) is 1.60. The number of aliphatic hydroxyl groups excluding tert-OH is 1. The molecule has 126 valence electrons. The van der Waals surface area contributed by atoms with E-state index in [1.54, 1.807) is 12.1 Å². The third-order valence-electron chi connectivity index (χ3n) is 2.48. The number of hydrogen-bond donors (Lipinski definition) is 2. The quantitative estimate of drug-likeness (QED) is 0.596. The van der Waals surface area contributed by atoms with Crippen LogP contribution in [-0.2, 0) is 14.9 Å². The molecule has 0 aliphatic rings. The summed E-state index contributed by atoms with van der Waals surface area (Å²) in [7, 11) is 1.45. The van der Waals surface area contributed by atoms with Crippen molar-refractivity contribution < 1.29 is 32.5 Å². The lowest BCUT2D eigenvalue weighted by molar-refractivity contribution is -0.873. The van der Waals surface area contributed by atoms with Gasteiger partial charge in [-0.2, -0.15) is 0 Å². The van der Waals surface area contributed by atoms with E-state index in [9.17, 15) is 17.8 Å². The van der Waals surface area contributed by atoms with Crippen molar-refractivity contribution >= 4 is 16.1 Å². The molecule has 0 unspecified atom stereocenters. The van der Waals surface area contributed by atoms with Gasteiger partial charge in [0.05, 0.1) is 32.5 Å². The van der Waals surface area contributed by atoms with Gasteiger partial charge in [-0.3, -0.25) is 4.79 Å². The lowest BCUT2D eigenvalue weighted by Gasteiger charge is -2.25. The van der Waals surface area contributed by atoms with E-state index in [2.05, 4.69) is 0 Å². The number of carboxylic acids is 1. The summed E-state index contributed by atoms with van der Waals surface area (Å²) in [6.45, 7) is 2.29. The predicted octanol–water partition coefficient (Wildman–Crippen LogP) is 0.427. The number of hydrogen-bond acceptors (Lipinski definition) is 5. The Hall–Kier alpha value is -1.48. The molecule has 1 rings (SSSR count). The van der Waals surface area contributed by atoms with Gasteiger partial charge in [0.25, 0.3) is 0 Å². The van der Waals surface area contributed by atoms with Crippen LogP contribution in [0.3, 0.4) is 0 Å². The lowest BCUT2D eigenvalue weighted by atomic mass is 10.2. The van der Waals surface area contributed by atoms with Crippen LogP contribution in [0, 0.1) is 6.92 Å². The van der Waals surface area contributed by atoms with E-state index in [0.717, 1.165) is 5.56 Å². The van der Waals surface area contributed by atoms with Gasteiger partial charge in [-0.05, 0) is 19.1 Å². The van der Waals surface area contributed by atoms with Crippen LogP contribution in [0.1, 0.15) is 12.0 Å². The van der Waals surface area contributed by atoms with Gasteiger partial charge in [0.15, 0.2) is 0 Å². The Morgan fingerprint density at radius 3 is 2.00 bits per heavy atom. The lowest BCUT2D eigenvalue weighted by Crippen LogP contribution is -2.42. The molecule has 1 atom stereocenters. The van der Waals surface area contributed by atoms with Crippen molar-refractivity contribution in [2.24, 2.45) is 0 Å². The summed E-state index contributed by atoms with van der Waals surface area (Å²) in [6.07, 6.45) is -0.914. The van der Waals surface area contributed by atoms with Crippen LogP contribution < -0.4 is 0 Å². The molecule has 0 heterocycles. The summed E-state index contributed by atoms with van der Waals surface area (Å²) in [5.74, 6) is -0.953. The maximum absolute atomic E-state index is 10.4. The van der Waals surface area contributed by atoms with Crippen molar-refractivity contribution in [1.29, 1.82) is 0 Å². The molecule has 1 aromatic carbocycles. The first-order valence-electron chi connectivity index (χ1n) is 6.54. The molecule has 0 amide bonds. The van der Waals surface area contributed by atoms with E-state index >= 15 is 0 Å². The number of carboxylic acid groups (broad SMARTS) is 1. The summed E-state index contributed by atoms with van der Waals surface area (Å²) in [4.78, 5) is 9.95. The zero-order chi connectivity index (χ0) is 17.6. The Kier molecular flexibility index (Phi) is 7.68. The van der Waals surface area contributed by atoms with Crippen LogP contribution in [0.25, 0.3) is 0 Å². The number of carbonyl (C=O) groups is 1. The van der Waals surface area contributed by atoms with Gasteiger partial charge in [0, 0.05) is 0 Å². The van der Waals surface area contributed by atoms with Gasteiger partial charge in [0.1, 0.15) is 22.8 Å². The summed E-state index contributed by atoms with van der Waals surface area (Å²) in [5.41, 5.74) is 0.928. The number of quaternary nitrogens is 1. The average molecular weight is 333 g/mol. The van der Waals surface area contributed by atoms with Crippen molar-refractivity contribution in [1.82, 2.24) is 0 Å². The highest BCUT2D eigenvalue weighted by Gasteiger charge is 2.17. The molecule has 0 saturated heterocycles. The van der Waals surface area contributed by atoms with Crippen molar-refractivity contribution in [3.8, 4) is 0 Å². The molecule has 0 aromatic heterocycles. The number of aryl methyl sites for hydroxylation is 1. The van der Waals surface area contributed by atoms with Crippen molar-refractivity contribution in [2.45, 2.75) is 24.3 Å². The summed E-state index contributed by atoms with van der Waals surface area (Å²) < 4.78 is 31.7. The maximum atomic E-state index is 10.4. The first-order chi connectivity index (χ1) is 9.81. The molecule has 0 saturated carbocycles. The monoisotopic (exact) mass is 333 g/mol. The maximum Gasteiger partial charge on any atom is 0.306 e. The molecule has 0 aliphatic carbocycles. The van der Waals surface area contributed by atoms with E-state index in [1.165, 1.54) is 12.1 Å². The first-order valence-corrected chi connectivity index (χ1v) is 7.95. The van der Waals surface area contributed by atoms with Gasteiger partial charge in [0.2, 0.25) is 0 Å². The Labute approximate surface area is 131 Å². The second-order valence-corrected chi connectivity index (χ2v) is 7.37. The number of aliphatic hydroxyl groups is 1. The molecule has 1 aromatic rings. The Morgan fingerprint density at radius 1 is 1.23 bits per heavy atom. The number of rotatable bonds is 5. The molecular formula is C14H23NO6S. The van der Waals surface area contributed by atoms with Gasteiger partial charge < -0.3 is 19.2 Å². The smallest absolute Gasteiger partial charge is 0.306 e. The highest BCUT2D eigenvalue weighted by Crippen LogP contribution is 2.08. The molecule has 0 aliphatic heterocycles. The Bertz CT molecular complexity index is 574. The minimum absolute atomic E-state index is 0.171. The van der Waals surface area contributed by atoms with E-state index < -0.39 is 22.2 Å². The molecule has 0 radical (unpaired) electrons. The van der Waals surface area contributed by atoms with E-state index in [4.69, 9.17) is 10.2 Å². The van der Waals surface area contributed by atoms with Crippen LogP contribution in [0.15, 0.2) is 29.2 Å². The SMILES string of the molecule is C[N+](C)(C)C[C@H](O)CC(=O)O.Cc1ccc(S(=O)(=O)[O-])cc1. The van der Waals surface area contributed by atoms with Gasteiger partial charge in [-0.15, -0.1) is 0 Å². The molecule has 22 heavy (non-hydrogen) atoms. The highest BCUT2D eigenvalue weighted by atomic mass is 32.2. The van der Waals surface area contributed by atoms with E-state index in [0.29, 0.717) is 11.0 Å². The second kappa shape index (κ2) is 8.23. The Morgan fingerprint density at radius 2 is 1.68 bits per heavy atom. The van der Waals surface area contributed by atoms with Crippen molar-refractivity contribution in [3.05, 3.63) is 29.8 Å². The average Bonchev–Trinajstić information content (AvgIpc) is 2.24. The van der Waals surface area contributed by atoms with E-state index in [-0.39, 0.29) is 11.3 Å². The number of aliphatic carboxylic acids is 1. The topological polar surface area (TPSA) is 115 Å². The van der Waals surface area contributed by atoms with Crippen LogP contribution in [0.2, 0.25) is 0 Å². The summed E-state index contributed by atoms with van der Waals surface area (Å²) in [5, 5.41) is 17.5. The van der Waals surface area contributed by atoms with E-state index in [1.807, 2.05) is 28.1 Å². The minimum Gasteiger partial charge on any atom is -0.744 e. The third-order valence-corrected chi connectivity index (χ3v) is 3.33. The highest BCUT2D eigenvalue weighted by molar-refractivity contribution is 7.85. The molecule has 2 N–H and O–H groups in total. The first kappa shape index (κ1) is 20.5. The molecule has 8 heteroatoms. The largest absolute Gasteiger partial charge is 0.744 e. The van der Waals surface area contributed by atoms with Crippen LogP contribution in [-0.4, -0.2) is 67.4 Å². The third kappa shape index (κ3) is 10.3. The number of benzene rings is 1. The summed E-state index contributed by atoms with van der Waals surface area (Å²) in [6, 6.07) is 5.78. The minimum atomic E-state index is -4.27. The normalized spacial score (nSPS) is 13.0. The standard InChI is InChI=1S/C7H15NO3.C7H8O3S/c1-8(2,3)5-6(9)4-7(10)11;1-6-2-4-7(5-3-6)11(8,9)10/h6,9H,4-5H2,1-3H3;2-5H,1H3,(H,8,9,10)/t6-;/m1./s1. The second-order valence-electron chi connectivity index (χ2n) is 5.99. The predicted molar refractivity (Wildman–Crippen MR) is 80.3 cm³/mol. The van der Waals surface area contributed by atoms with Crippen LogP contribution in [0.4, 0.5) is 0 Å². The van der Waals surface area contributed by atoms with Crippen LogP contribution in [0.5, 0.6) is 0 Å². The zero-order valence-electron chi connectivity index (χ0n) is 13.2. The zero-order valence-corrected chi connectivity index (χ0v) is 14.0.